The Morgan fingerprint density at radius 2 is 1.58 bits per heavy atom. The van der Waals surface area contributed by atoms with Crippen molar-refractivity contribution in [1.82, 2.24) is 14.8 Å². The number of benzene rings is 2. The molecule has 0 spiro atoms. The zero-order valence-corrected chi connectivity index (χ0v) is 30.6. The predicted octanol–water partition coefficient (Wildman–Crippen LogP) is 7.96. The molecule has 1 heterocycles. The van der Waals surface area contributed by atoms with E-state index in [4.69, 9.17) is 9.47 Å². The molecule has 0 fully saturated rings. The molecule has 0 bridgehead atoms. The van der Waals surface area contributed by atoms with E-state index >= 15 is 8.78 Å². The Hall–Kier alpha value is -4.47. The highest BCUT2D eigenvalue weighted by molar-refractivity contribution is 5.82. The number of alkyl halides is 6. The molecule has 2 atom stereocenters. The summed E-state index contributed by atoms with van der Waals surface area (Å²) in [5, 5.41) is 2.26. The van der Waals surface area contributed by atoms with E-state index in [-0.39, 0.29) is 48.4 Å². The molecule has 3 rings (SSSR count). The van der Waals surface area contributed by atoms with Gasteiger partial charge in [0.1, 0.15) is 23.4 Å². The van der Waals surface area contributed by atoms with Crippen molar-refractivity contribution in [2.75, 3.05) is 34.4 Å². The van der Waals surface area contributed by atoms with E-state index in [2.05, 4.69) is 5.32 Å². The Bertz CT molecular complexity index is 1870. The first-order valence-corrected chi connectivity index (χ1v) is 16.7. The number of aryl methyl sites for hydroxylation is 1. The van der Waals surface area contributed by atoms with Gasteiger partial charge in [0.25, 0.3) is 5.56 Å². The van der Waals surface area contributed by atoms with Crippen molar-refractivity contribution in [3.05, 3.63) is 85.8 Å². The Labute approximate surface area is 302 Å². The van der Waals surface area contributed by atoms with Gasteiger partial charge >= 0.3 is 18.3 Å². The number of nitrogens with one attached hydrogen (secondary N) is 1. The number of pyridine rings is 1. The summed E-state index contributed by atoms with van der Waals surface area (Å²) < 4.78 is 129. The molecule has 53 heavy (non-hydrogen) atoms. The van der Waals surface area contributed by atoms with Crippen molar-refractivity contribution in [1.29, 1.82) is 0 Å². The number of nitrogens with zero attached hydrogens (tertiary/aromatic N) is 2. The van der Waals surface area contributed by atoms with Crippen LogP contribution in [0.25, 0.3) is 11.1 Å². The van der Waals surface area contributed by atoms with Crippen molar-refractivity contribution >= 4 is 11.9 Å². The van der Waals surface area contributed by atoms with Crippen molar-refractivity contribution in [2.45, 2.75) is 78.3 Å². The Morgan fingerprint density at radius 3 is 2.11 bits per heavy atom. The number of hydrogen-bond acceptors (Lipinski definition) is 6. The number of halogens is 8. The van der Waals surface area contributed by atoms with E-state index in [0.717, 1.165) is 10.8 Å². The zero-order valence-electron chi connectivity index (χ0n) is 30.6. The fraction of sp³-hybridized carbons (Fsp3) is 0.486. The van der Waals surface area contributed by atoms with E-state index in [1.165, 1.54) is 40.0 Å². The van der Waals surface area contributed by atoms with Crippen LogP contribution in [0.3, 0.4) is 0 Å². The molecule has 0 radical (unpaired) electrons. The number of amides is 1. The summed E-state index contributed by atoms with van der Waals surface area (Å²) in [5.74, 6) is -6.18. The van der Waals surface area contributed by atoms with Gasteiger partial charge in [-0.15, -0.1) is 0 Å². The zero-order chi connectivity index (χ0) is 40.2. The minimum atomic E-state index is -5.38. The van der Waals surface area contributed by atoms with Gasteiger partial charge in [0, 0.05) is 29.9 Å². The van der Waals surface area contributed by atoms with Gasteiger partial charge in [-0.1, -0.05) is 19.9 Å². The molecule has 0 aliphatic carbocycles. The highest BCUT2D eigenvalue weighted by Crippen LogP contribution is 2.43. The topological polar surface area (TPSA) is 89.9 Å². The molecule has 292 valence electrons. The first-order valence-electron chi connectivity index (χ1n) is 16.7. The van der Waals surface area contributed by atoms with Crippen molar-refractivity contribution in [2.24, 2.45) is 5.92 Å². The molecular weight excluding hydrogens is 718 g/mol. The lowest BCUT2D eigenvalue weighted by Gasteiger charge is -2.28. The van der Waals surface area contributed by atoms with Crippen molar-refractivity contribution in [3.63, 3.8) is 0 Å². The van der Waals surface area contributed by atoms with Crippen LogP contribution in [-0.2, 0) is 33.1 Å². The molecule has 8 nitrogen and oxygen atoms in total. The third-order valence-electron chi connectivity index (χ3n) is 8.62. The van der Waals surface area contributed by atoms with Crippen LogP contribution in [0.5, 0.6) is 5.75 Å². The van der Waals surface area contributed by atoms with Gasteiger partial charge in [0.15, 0.2) is 0 Å². The minimum absolute atomic E-state index is 0.0611. The summed E-state index contributed by atoms with van der Waals surface area (Å²) in [4.78, 5) is 41.8. The van der Waals surface area contributed by atoms with Crippen molar-refractivity contribution in [3.8, 4) is 16.9 Å². The highest BCUT2D eigenvalue weighted by atomic mass is 19.4. The standard InChI is InChI=1S/C37H43F8N3O5/c1-9-53-30(50)17-26(32-33(38)23(15-25(34(32)39)37(43,44)45)31-20(4)10-11-28(52-8)21(31)5)46-35(51)27(14-19(2)3)48-18-22(12-13-47(6)7)24(16-29(48)49)36(40,41)42/h10-11,15-16,18-19,26-27H,9,12-14,17H2,1-8H3,(H,46,51)/t26-,27?/m0/s1. The summed E-state index contributed by atoms with van der Waals surface area (Å²) in [6.45, 7) is 7.53. The van der Waals surface area contributed by atoms with E-state index < -0.39 is 88.1 Å². The van der Waals surface area contributed by atoms with E-state index in [1.807, 2.05) is 0 Å². The number of rotatable bonds is 14. The van der Waals surface area contributed by atoms with E-state index in [1.54, 1.807) is 32.8 Å². The van der Waals surface area contributed by atoms with Gasteiger partial charge in [-0.25, -0.2) is 8.78 Å². The van der Waals surface area contributed by atoms with Gasteiger partial charge < -0.3 is 24.3 Å². The molecular formula is C37H43F8N3O5. The number of ether oxygens (including phenoxy) is 2. The molecule has 0 aliphatic heterocycles. The molecule has 0 saturated heterocycles. The third-order valence-corrected chi connectivity index (χ3v) is 8.62. The lowest BCUT2D eigenvalue weighted by molar-refractivity contribution is -0.144. The van der Waals surface area contributed by atoms with Crippen LogP contribution in [0.2, 0.25) is 0 Å². The van der Waals surface area contributed by atoms with Gasteiger partial charge in [-0.05, 0) is 88.0 Å². The van der Waals surface area contributed by atoms with Crippen LogP contribution in [-0.4, -0.2) is 55.7 Å². The van der Waals surface area contributed by atoms with Gasteiger partial charge in [0.05, 0.1) is 37.3 Å². The third kappa shape index (κ3) is 10.1. The number of likely N-dealkylation sites (N-methyl/N-ethyl adjacent to an activating group) is 1. The molecule has 1 N–H and O–H groups in total. The fourth-order valence-corrected chi connectivity index (χ4v) is 6.13. The average Bonchev–Trinajstić information content (AvgIpc) is 3.03. The summed E-state index contributed by atoms with van der Waals surface area (Å²) >= 11 is 0. The summed E-state index contributed by atoms with van der Waals surface area (Å²) in [6.07, 6.45) is -10.8. The molecule has 1 aromatic heterocycles. The van der Waals surface area contributed by atoms with E-state index in [0.29, 0.717) is 17.7 Å². The Kier molecular flexibility index (Phi) is 13.9. The maximum Gasteiger partial charge on any atom is 0.419 e. The lowest BCUT2D eigenvalue weighted by atomic mass is 9.88. The smallest absolute Gasteiger partial charge is 0.419 e. The normalized spacial score (nSPS) is 13.3. The fourth-order valence-electron chi connectivity index (χ4n) is 6.13. The number of hydrogen-bond donors (Lipinski definition) is 1. The van der Waals surface area contributed by atoms with Crippen molar-refractivity contribution < 1.29 is 54.2 Å². The van der Waals surface area contributed by atoms with Crippen LogP contribution in [0.15, 0.2) is 35.3 Å². The highest BCUT2D eigenvalue weighted by Gasteiger charge is 2.41. The van der Waals surface area contributed by atoms with Crippen LogP contribution < -0.4 is 15.6 Å². The first-order chi connectivity index (χ1) is 24.5. The number of carbonyl (C=O) groups excluding carboxylic acids is 2. The number of carbonyl (C=O) groups is 2. The second-order valence-corrected chi connectivity index (χ2v) is 13.3. The quantitative estimate of drug-likeness (QED) is 0.133. The predicted molar refractivity (Wildman–Crippen MR) is 181 cm³/mol. The second-order valence-electron chi connectivity index (χ2n) is 13.3. The molecule has 0 aliphatic rings. The average molecular weight is 762 g/mol. The first kappa shape index (κ1) is 42.9. The Morgan fingerprint density at radius 1 is 0.962 bits per heavy atom. The largest absolute Gasteiger partial charge is 0.496 e. The molecule has 3 aromatic rings. The van der Waals surface area contributed by atoms with Crippen LogP contribution >= 0.6 is 0 Å². The van der Waals surface area contributed by atoms with Gasteiger partial charge in [-0.2, -0.15) is 26.3 Å². The SMILES string of the molecule is CCOC(=O)C[C@H](NC(=O)C(CC(C)C)n1cc(CCN(C)C)c(C(F)(F)F)cc1=O)c1c(F)c(-c2c(C)ccc(OC)c2C)cc(C(F)(F)F)c1F. The molecule has 2 aromatic carbocycles. The summed E-state index contributed by atoms with van der Waals surface area (Å²) in [6, 6.07) is -0.146. The van der Waals surface area contributed by atoms with Gasteiger partial charge in [-0.3, -0.25) is 14.4 Å². The van der Waals surface area contributed by atoms with Crippen LogP contribution in [0.1, 0.15) is 79.1 Å². The lowest BCUT2D eigenvalue weighted by Crippen LogP contribution is -2.41. The second kappa shape index (κ2) is 17.1. The number of aromatic nitrogens is 1. The van der Waals surface area contributed by atoms with Crippen LogP contribution in [0.4, 0.5) is 35.1 Å². The summed E-state index contributed by atoms with van der Waals surface area (Å²) in [7, 11) is 4.54. The minimum Gasteiger partial charge on any atom is -0.496 e. The molecule has 1 amide bonds. The number of esters is 1. The summed E-state index contributed by atoms with van der Waals surface area (Å²) in [5.41, 5.74) is -6.22. The maximum atomic E-state index is 16.8. The monoisotopic (exact) mass is 761 g/mol. The molecule has 0 saturated carbocycles. The molecule has 1 unspecified atom stereocenters. The van der Waals surface area contributed by atoms with E-state index in [9.17, 15) is 40.7 Å². The molecule has 16 heteroatoms. The van der Waals surface area contributed by atoms with Gasteiger partial charge in [0.2, 0.25) is 5.91 Å². The number of methoxy groups -OCH3 is 1. The maximum absolute atomic E-state index is 16.8. The Balaban J connectivity index is 2.34. The van der Waals surface area contributed by atoms with Crippen LogP contribution in [0, 0.1) is 31.4 Å².